The van der Waals surface area contributed by atoms with E-state index in [0.717, 1.165) is 0 Å². The molecule has 0 aromatic carbocycles. The fraction of sp³-hybridized carbons (Fsp3) is 0.583. The van der Waals surface area contributed by atoms with Gasteiger partial charge in [0.2, 0.25) is 0 Å². The van der Waals surface area contributed by atoms with E-state index in [1.165, 1.54) is 0 Å². The molecule has 1 amide bonds. The van der Waals surface area contributed by atoms with Gasteiger partial charge in [0, 0.05) is 41.1 Å². The van der Waals surface area contributed by atoms with Crippen molar-refractivity contribution in [3.8, 4) is 0 Å². The summed E-state index contributed by atoms with van der Waals surface area (Å²) in [6.45, 7) is 6.26. The highest BCUT2D eigenvalue weighted by Gasteiger charge is 2.14. The van der Waals surface area contributed by atoms with Gasteiger partial charge in [-0.1, -0.05) is 6.92 Å². The molecule has 0 aliphatic heterocycles. The minimum atomic E-state index is -0.855. The summed E-state index contributed by atoms with van der Waals surface area (Å²) in [7, 11) is -0.855. The number of carbonyl (C=O) groups excluding carboxylic acids is 1. The molecule has 6 heteroatoms. The van der Waals surface area contributed by atoms with E-state index in [4.69, 9.17) is 5.73 Å². The molecule has 0 saturated heterocycles. The van der Waals surface area contributed by atoms with Crippen LogP contribution >= 0.6 is 0 Å². The van der Waals surface area contributed by atoms with Gasteiger partial charge in [0.1, 0.15) is 5.69 Å². The Kier molecular flexibility index (Phi) is 5.40. The number of nitrogen functional groups attached to an aromatic ring is 1. The predicted molar refractivity (Wildman–Crippen MR) is 75.1 cm³/mol. The Morgan fingerprint density at radius 3 is 2.78 bits per heavy atom. The molecule has 1 rings (SSSR count). The number of hydrogen-bond acceptors (Lipinski definition) is 3. The van der Waals surface area contributed by atoms with Crippen molar-refractivity contribution in [1.29, 1.82) is 0 Å². The number of aromatic nitrogens is 1. The maximum absolute atomic E-state index is 12.0. The molecular weight excluding hydrogens is 250 g/mol. The molecule has 18 heavy (non-hydrogen) atoms. The Balaban J connectivity index is 2.64. The number of nitrogens with two attached hydrogens (primary N) is 1. The first-order valence-corrected chi connectivity index (χ1v) is 7.55. The van der Waals surface area contributed by atoms with Crippen molar-refractivity contribution in [2.75, 3.05) is 23.8 Å². The average molecular weight is 271 g/mol. The molecule has 1 atom stereocenters. The minimum Gasteiger partial charge on any atom is -0.397 e. The molecule has 0 spiro atoms. The van der Waals surface area contributed by atoms with Gasteiger partial charge in [-0.05, 0) is 19.9 Å². The highest BCUT2D eigenvalue weighted by atomic mass is 32.2. The van der Waals surface area contributed by atoms with Crippen LogP contribution in [0.3, 0.4) is 0 Å². The van der Waals surface area contributed by atoms with E-state index in [2.05, 4.69) is 5.32 Å². The molecular formula is C12H21N3O2S. The highest BCUT2D eigenvalue weighted by Crippen LogP contribution is 2.16. The molecule has 0 bridgehead atoms. The van der Waals surface area contributed by atoms with E-state index >= 15 is 0 Å². The third-order valence-corrected chi connectivity index (χ3v) is 3.90. The molecule has 0 fully saturated rings. The van der Waals surface area contributed by atoms with E-state index in [-0.39, 0.29) is 11.9 Å². The number of anilines is 1. The van der Waals surface area contributed by atoms with Gasteiger partial charge >= 0.3 is 0 Å². The Morgan fingerprint density at radius 2 is 2.22 bits per heavy atom. The van der Waals surface area contributed by atoms with Gasteiger partial charge in [-0.2, -0.15) is 0 Å². The maximum atomic E-state index is 12.0. The van der Waals surface area contributed by atoms with Gasteiger partial charge in [-0.25, -0.2) is 0 Å². The Morgan fingerprint density at radius 1 is 1.56 bits per heavy atom. The lowest BCUT2D eigenvalue weighted by Gasteiger charge is -2.12. The van der Waals surface area contributed by atoms with Crippen LogP contribution in [0.2, 0.25) is 0 Å². The molecule has 1 aromatic heterocycles. The van der Waals surface area contributed by atoms with Gasteiger partial charge in [-0.3, -0.25) is 9.00 Å². The van der Waals surface area contributed by atoms with Gasteiger partial charge < -0.3 is 15.6 Å². The number of amides is 1. The van der Waals surface area contributed by atoms with Crippen LogP contribution < -0.4 is 11.1 Å². The summed E-state index contributed by atoms with van der Waals surface area (Å²) in [5.74, 6) is 0.930. The van der Waals surface area contributed by atoms with Crippen molar-refractivity contribution in [1.82, 2.24) is 9.88 Å². The average Bonchev–Trinajstić information content (AvgIpc) is 2.71. The fourth-order valence-corrected chi connectivity index (χ4v) is 2.24. The van der Waals surface area contributed by atoms with E-state index in [1.54, 1.807) is 12.3 Å². The predicted octanol–water partition coefficient (Wildman–Crippen LogP) is 1.15. The van der Waals surface area contributed by atoms with Crippen LogP contribution in [0, 0.1) is 0 Å². The number of nitrogens with one attached hydrogen (secondary N) is 1. The lowest BCUT2D eigenvalue weighted by molar-refractivity contribution is 0.0945. The van der Waals surface area contributed by atoms with Gasteiger partial charge in [0.25, 0.3) is 5.91 Å². The molecule has 1 unspecified atom stereocenters. The summed E-state index contributed by atoms with van der Waals surface area (Å²) in [5, 5.41) is 2.76. The summed E-state index contributed by atoms with van der Waals surface area (Å²) >= 11 is 0. The summed E-state index contributed by atoms with van der Waals surface area (Å²) in [4.78, 5) is 12.0. The van der Waals surface area contributed by atoms with Crippen LogP contribution in [0.1, 0.15) is 37.3 Å². The van der Waals surface area contributed by atoms with Gasteiger partial charge in [0.05, 0.1) is 5.69 Å². The maximum Gasteiger partial charge on any atom is 0.268 e. The largest absolute Gasteiger partial charge is 0.397 e. The van der Waals surface area contributed by atoms with Crippen molar-refractivity contribution in [3.63, 3.8) is 0 Å². The lowest BCUT2D eigenvalue weighted by Crippen LogP contribution is -2.30. The fourth-order valence-electron chi connectivity index (χ4n) is 1.62. The smallest absolute Gasteiger partial charge is 0.268 e. The van der Waals surface area contributed by atoms with E-state index in [1.807, 2.05) is 25.3 Å². The van der Waals surface area contributed by atoms with E-state index < -0.39 is 10.8 Å². The molecule has 102 valence electrons. The Hall–Kier alpha value is -1.30. The summed E-state index contributed by atoms with van der Waals surface area (Å²) in [6, 6.07) is 1.83. The summed E-state index contributed by atoms with van der Waals surface area (Å²) in [6.07, 6.45) is 1.75. The Bertz CT molecular complexity index is 441. The number of nitrogens with zero attached hydrogens (tertiary/aromatic N) is 1. The standard InChI is InChI=1S/C12H21N3O2S/c1-4-18(17)6-5-14-12(16)11-7-10(13)8-15(11)9(2)3/h7-9H,4-6,13H2,1-3H3,(H,14,16). The van der Waals surface area contributed by atoms with Gasteiger partial charge in [0.15, 0.2) is 0 Å². The second-order valence-corrected chi connectivity index (χ2v) is 6.21. The van der Waals surface area contributed by atoms with Crippen molar-refractivity contribution < 1.29 is 9.00 Å². The number of carbonyl (C=O) groups is 1. The molecule has 1 heterocycles. The quantitative estimate of drug-likeness (QED) is 0.815. The first kappa shape index (κ1) is 14.8. The van der Waals surface area contributed by atoms with E-state index in [0.29, 0.717) is 29.4 Å². The second-order valence-electron chi connectivity index (χ2n) is 4.35. The minimum absolute atomic E-state index is 0.173. The molecule has 3 N–H and O–H groups in total. The molecule has 0 aliphatic rings. The Labute approximate surface area is 110 Å². The molecule has 0 radical (unpaired) electrons. The van der Waals surface area contributed by atoms with Crippen LogP contribution in [0.15, 0.2) is 12.3 Å². The number of rotatable bonds is 6. The third kappa shape index (κ3) is 3.87. The number of hydrogen-bond donors (Lipinski definition) is 2. The van der Waals surface area contributed by atoms with Crippen molar-refractivity contribution in [2.45, 2.75) is 26.8 Å². The third-order valence-electron chi connectivity index (χ3n) is 2.60. The molecule has 5 nitrogen and oxygen atoms in total. The zero-order valence-corrected chi connectivity index (χ0v) is 11.9. The SMILES string of the molecule is CCS(=O)CCNC(=O)c1cc(N)cn1C(C)C. The molecule has 0 aliphatic carbocycles. The molecule has 0 saturated carbocycles. The highest BCUT2D eigenvalue weighted by molar-refractivity contribution is 7.84. The first-order valence-electron chi connectivity index (χ1n) is 6.06. The zero-order chi connectivity index (χ0) is 13.7. The first-order chi connectivity index (χ1) is 8.45. The van der Waals surface area contributed by atoms with Crippen molar-refractivity contribution >= 4 is 22.4 Å². The van der Waals surface area contributed by atoms with Crippen LogP contribution in [0.25, 0.3) is 0 Å². The van der Waals surface area contributed by atoms with Crippen molar-refractivity contribution in [2.24, 2.45) is 0 Å². The van der Waals surface area contributed by atoms with Gasteiger partial charge in [-0.15, -0.1) is 0 Å². The van der Waals surface area contributed by atoms with Crippen molar-refractivity contribution in [3.05, 3.63) is 18.0 Å². The summed E-state index contributed by atoms with van der Waals surface area (Å²) < 4.78 is 13.1. The summed E-state index contributed by atoms with van der Waals surface area (Å²) in [5.41, 5.74) is 6.83. The van der Waals surface area contributed by atoms with Crippen LogP contribution in [0.4, 0.5) is 5.69 Å². The lowest BCUT2D eigenvalue weighted by atomic mass is 10.3. The van der Waals surface area contributed by atoms with E-state index in [9.17, 15) is 9.00 Å². The van der Waals surface area contributed by atoms with Crippen LogP contribution in [-0.2, 0) is 10.8 Å². The monoisotopic (exact) mass is 271 g/mol. The molecule has 1 aromatic rings. The topological polar surface area (TPSA) is 77.1 Å². The van der Waals surface area contributed by atoms with Crippen LogP contribution in [-0.4, -0.2) is 32.7 Å². The van der Waals surface area contributed by atoms with Crippen LogP contribution in [0.5, 0.6) is 0 Å². The second kappa shape index (κ2) is 6.58. The zero-order valence-electron chi connectivity index (χ0n) is 11.1. The normalized spacial score (nSPS) is 12.7.